The Morgan fingerprint density at radius 3 is 2.65 bits per heavy atom. The van der Waals surface area contributed by atoms with Crippen LogP contribution in [0.3, 0.4) is 0 Å². The first-order chi connectivity index (χ1) is 9.47. The van der Waals surface area contributed by atoms with Crippen LogP contribution in [-0.2, 0) is 0 Å². The van der Waals surface area contributed by atoms with Crippen LogP contribution in [-0.4, -0.2) is 27.7 Å². The number of carbonyl (C=O) groups excluding carboxylic acids is 1. The van der Waals surface area contributed by atoms with E-state index in [0.717, 1.165) is 5.69 Å². The number of hydrogen-bond acceptors (Lipinski definition) is 3. The van der Waals surface area contributed by atoms with Gasteiger partial charge < -0.3 is 11.1 Å². The van der Waals surface area contributed by atoms with Gasteiger partial charge in [-0.3, -0.25) is 4.79 Å². The molecule has 0 spiro atoms. The maximum Gasteiger partial charge on any atom is 0.274 e. The summed E-state index contributed by atoms with van der Waals surface area (Å²) in [6.45, 7) is 0. The van der Waals surface area contributed by atoms with Gasteiger partial charge in [0.05, 0.1) is 23.6 Å². The Morgan fingerprint density at radius 1 is 1.40 bits per heavy atom. The van der Waals surface area contributed by atoms with Gasteiger partial charge in [0, 0.05) is 6.42 Å². The molecule has 1 amide bonds. The number of nitrogens with two attached hydrogens (primary N) is 1. The highest BCUT2D eigenvalue weighted by atomic mass is 19.3. The highest BCUT2D eigenvalue weighted by Crippen LogP contribution is 2.41. The molecule has 20 heavy (non-hydrogen) atoms. The summed E-state index contributed by atoms with van der Waals surface area (Å²) in [5.41, 5.74) is 6.55. The molecular formula is C13H12F2N4O. The zero-order valence-electron chi connectivity index (χ0n) is 10.4. The third-order valence-corrected chi connectivity index (χ3v) is 3.11. The molecule has 1 saturated carbocycles. The number of nitrogens with zero attached hydrogens (tertiary/aromatic N) is 2. The van der Waals surface area contributed by atoms with Gasteiger partial charge in [0.1, 0.15) is 0 Å². The Bertz CT molecular complexity index is 654. The van der Waals surface area contributed by atoms with E-state index in [1.54, 1.807) is 12.1 Å². The van der Waals surface area contributed by atoms with E-state index < -0.39 is 17.9 Å². The molecule has 1 aliphatic carbocycles. The number of aromatic nitrogens is 2. The van der Waals surface area contributed by atoms with E-state index >= 15 is 0 Å². The molecule has 0 radical (unpaired) electrons. The Hall–Kier alpha value is -2.44. The second-order valence-electron chi connectivity index (χ2n) is 4.70. The van der Waals surface area contributed by atoms with Crippen molar-refractivity contribution >= 4 is 11.6 Å². The molecule has 1 unspecified atom stereocenters. The number of benzene rings is 1. The highest BCUT2D eigenvalue weighted by Gasteiger charge is 2.58. The van der Waals surface area contributed by atoms with Crippen molar-refractivity contribution in [1.29, 1.82) is 0 Å². The standard InChI is InChI=1S/C13H12F2N4O/c14-13(15)6-10(13)17-12(20)11-9(16)7-19(18-11)8-4-2-1-3-5-8/h1-5,7,10H,6,16H2,(H,17,20). The summed E-state index contributed by atoms with van der Waals surface area (Å²) in [7, 11) is 0. The zero-order chi connectivity index (χ0) is 14.3. The molecule has 0 saturated heterocycles. The van der Waals surface area contributed by atoms with E-state index in [1.165, 1.54) is 10.9 Å². The maximum absolute atomic E-state index is 12.8. The number of carbonyl (C=O) groups is 1. The van der Waals surface area contributed by atoms with Gasteiger partial charge in [-0.25, -0.2) is 13.5 Å². The molecule has 1 heterocycles. The Labute approximate surface area is 113 Å². The van der Waals surface area contributed by atoms with Gasteiger partial charge in [-0.1, -0.05) is 18.2 Å². The zero-order valence-corrected chi connectivity index (χ0v) is 10.4. The fourth-order valence-electron chi connectivity index (χ4n) is 1.87. The Kier molecular flexibility index (Phi) is 2.70. The number of hydrogen-bond donors (Lipinski definition) is 2. The van der Waals surface area contributed by atoms with Crippen LogP contribution >= 0.6 is 0 Å². The average molecular weight is 278 g/mol. The van der Waals surface area contributed by atoms with Crippen molar-refractivity contribution in [2.24, 2.45) is 0 Å². The van der Waals surface area contributed by atoms with Gasteiger partial charge in [0.15, 0.2) is 5.69 Å². The van der Waals surface area contributed by atoms with Crippen molar-refractivity contribution in [3.63, 3.8) is 0 Å². The summed E-state index contributed by atoms with van der Waals surface area (Å²) in [6.07, 6.45) is 1.15. The number of halogens is 2. The Balaban J connectivity index is 1.81. The van der Waals surface area contributed by atoms with Gasteiger partial charge in [-0.05, 0) is 12.1 Å². The van der Waals surface area contributed by atoms with Crippen LogP contribution in [0.1, 0.15) is 16.9 Å². The second kappa shape index (κ2) is 4.29. The smallest absolute Gasteiger partial charge is 0.274 e. The minimum atomic E-state index is -2.81. The first-order valence-corrected chi connectivity index (χ1v) is 6.06. The van der Waals surface area contributed by atoms with Crippen LogP contribution in [0.25, 0.3) is 5.69 Å². The van der Waals surface area contributed by atoms with E-state index in [9.17, 15) is 13.6 Å². The monoisotopic (exact) mass is 278 g/mol. The molecule has 3 N–H and O–H groups in total. The molecule has 1 aromatic heterocycles. The summed E-state index contributed by atoms with van der Waals surface area (Å²) < 4.78 is 27.0. The predicted molar refractivity (Wildman–Crippen MR) is 68.8 cm³/mol. The normalized spacial score (nSPS) is 19.6. The number of alkyl halides is 2. The molecule has 0 aliphatic heterocycles. The maximum atomic E-state index is 12.8. The number of rotatable bonds is 3. The fraction of sp³-hybridized carbons (Fsp3) is 0.231. The highest BCUT2D eigenvalue weighted by molar-refractivity contribution is 5.97. The molecule has 1 fully saturated rings. The van der Waals surface area contributed by atoms with Gasteiger partial charge in [-0.2, -0.15) is 5.10 Å². The van der Waals surface area contributed by atoms with Crippen LogP contribution in [0.5, 0.6) is 0 Å². The molecule has 2 aromatic rings. The van der Waals surface area contributed by atoms with E-state index in [1.807, 2.05) is 18.2 Å². The second-order valence-corrected chi connectivity index (χ2v) is 4.70. The first-order valence-electron chi connectivity index (χ1n) is 6.06. The van der Waals surface area contributed by atoms with E-state index in [4.69, 9.17) is 5.73 Å². The number of nitrogens with one attached hydrogen (secondary N) is 1. The van der Waals surface area contributed by atoms with E-state index in [2.05, 4.69) is 10.4 Å². The molecule has 3 rings (SSSR count). The van der Waals surface area contributed by atoms with Crippen LogP contribution in [0.15, 0.2) is 36.5 Å². The van der Waals surface area contributed by atoms with Crippen LogP contribution in [0.2, 0.25) is 0 Å². The third-order valence-electron chi connectivity index (χ3n) is 3.11. The molecule has 0 bridgehead atoms. The molecular weight excluding hydrogens is 266 g/mol. The number of nitrogen functional groups attached to an aromatic ring is 1. The molecule has 7 heteroatoms. The van der Waals surface area contributed by atoms with Gasteiger partial charge in [-0.15, -0.1) is 0 Å². The molecule has 1 atom stereocenters. The lowest BCUT2D eigenvalue weighted by molar-refractivity contribution is 0.0845. The lowest BCUT2D eigenvalue weighted by Crippen LogP contribution is -2.30. The number of amides is 1. The van der Waals surface area contributed by atoms with E-state index in [0.29, 0.717) is 0 Å². The SMILES string of the molecule is Nc1cn(-c2ccccc2)nc1C(=O)NC1CC1(F)F. The average Bonchev–Trinajstić information content (AvgIpc) is 2.84. The van der Waals surface area contributed by atoms with Gasteiger partial charge in [0.25, 0.3) is 11.8 Å². The molecule has 1 aromatic carbocycles. The lowest BCUT2D eigenvalue weighted by Gasteiger charge is -2.02. The van der Waals surface area contributed by atoms with Crippen molar-refractivity contribution in [2.45, 2.75) is 18.4 Å². The summed E-state index contributed by atoms with van der Waals surface area (Å²) in [5, 5.41) is 6.26. The largest absolute Gasteiger partial charge is 0.396 e. The van der Waals surface area contributed by atoms with Crippen LogP contribution in [0.4, 0.5) is 14.5 Å². The topological polar surface area (TPSA) is 72.9 Å². The summed E-state index contributed by atoms with van der Waals surface area (Å²) in [4.78, 5) is 11.8. The fourth-order valence-corrected chi connectivity index (χ4v) is 1.87. The molecule has 1 aliphatic rings. The van der Waals surface area contributed by atoms with Gasteiger partial charge in [0.2, 0.25) is 0 Å². The molecule has 104 valence electrons. The number of anilines is 1. The van der Waals surface area contributed by atoms with Crippen molar-refractivity contribution in [3.8, 4) is 5.69 Å². The third kappa shape index (κ3) is 2.22. The van der Waals surface area contributed by atoms with Crippen molar-refractivity contribution in [2.75, 3.05) is 5.73 Å². The van der Waals surface area contributed by atoms with Crippen LogP contribution in [0, 0.1) is 0 Å². The van der Waals surface area contributed by atoms with E-state index in [-0.39, 0.29) is 17.8 Å². The first kappa shape index (κ1) is 12.6. The summed E-state index contributed by atoms with van der Waals surface area (Å²) in [6, 6.07) is 7.96. The minimum absolute atomic E-state index is 0.0449. The Morgan fingerprint density at radius 2 is 2.05 bits per heavy atom. The van der Waals surface area contributed by atoms with Crippen molar-refractivity contribution in [3.05, 3.63) is 42.2 Å². The summed E-state index contributed by atoms with van der Waals surface area (Å²) >= 11 is 0. The quantitative estimate of drug-likeness (QED) is 0.895. The van der Waals surface area contributed by atoms with Gasteiger partial charge >= 0.3 is 0 Å². The van der Waals surface area contributed by atoms with Crippen molar-refractivity contribution in [1.82, 2.24) is 15.1 Å². The van der Waals surface area contributed by atoms with Crippen molar-refractivity contribution < 1.29 is 13.6 Å². The molecule has 5 nitrogen and oxygen atoms in total. The van der Waals surface area contributed by atoms with Crippen LogP contribution < -0.4 is 11.1 Å². The predicted octanol–water partition coefficient (Wildman–Crippen LogP) is 1.59. The minimum Gasteiger partial charge on any atom is -0.396 e. The lowest BCUT2D eigenvalue weighted by atomic mass is 10.3. The number of para-hydroxylation sites is 1. The summed E-state index contributed by atoms with van der Waals surface area (Å²) in [5.74, 6) is -3.49.